The largest absolute Gasteiger partial charge is 0.392 e. The zero-order chi connectivity index (χ0) is 15.0. The van der Waals surface area contributed by atoms with E-state index in [1.807, 2.05) is 0 Å². The predicted octanol–water partition coefficient (Wildman–Crippen LogP) is 2.79. The predicted molar refractivity (Wildman–Crippen MR) is 81.6 cm³/mol. The van der Waals surface area contributed by atoms with E-state index in [9.17, 15) is 13.5 Å². The molecule has 0 aromatic heterocycles. The van der Waals surface area contributed by atoms with Crippen LogP contribution in [-0.4, -0.2) is 30.4 Å². The van der Waals surface area contributed by atoms with Gasteiger partial charge in [0.1, 0.15) is 0 Å². The third-order valence-electron chi connectivity index (χ3n) is 4.74. The molecule has 0 amide bonds. The summed E-state index contributed by atoms with van der Waals surface area (Å²) >= 11 is 5.95. The van der Waals surface area contributed by atoms with Crippen LogP contribution in [0.25, 0.3) is 0 Å². The van der Waals surface area contributed by atoms with Gasteiger partial charge < -0.3 is 5.11 Å². The molecule has 0 radical (unpaired) electrons. The molecule has 1 aromatic carbocycles. The number of fused-ring (bicyclic) bond motifs is 1. The normalized spacial score (nSPS) is 26.8. The molecule has 0 bridgehead atoms. The average molecular weight is 330 g/mol. The van der Waals surface area contributed by atoms with Crippen LogP contribution in [0.15, 0.2) is 23.1 Å². The minimum Gasteiger partial charge on any atom is -0.392 e. The van der Waals surface area contributed by atoms with Gasteiger partial charge in [0, 0.05) is 17.6 Å². The van der Waals surface area contributed by atoms with Crippen LogP contribution in [0.4, 0.5) is 0 Å². The lowest BCUT2D eigenvalue weighted by atomic mass is 9.94. The Hall–Kier alpha value is -0.620. The number of sulfonamides is 1. The first kappa shape index (κ1) is 15.3. The Labute approximate surface area is 130 Å². The zero-order valence-corrected chi connectivity index (χ0v) is 13.4. The molecule has 2 fully saturated rings. The number of rotatable bonds is 3. The van der Waals surface area contributed by atoms with Crippen LogP contribution in [0.1, 0.15) is 37.7 Å². The third-order valence-corrected chi connectivity index (χ3v) is 7.03. The highest BCUT2D eigenvalue weighted by Gasteiger charge is 2.41. The highest BCUT2D eigenvalue weighted by molar-refractivity contribution is 7.89. The van der Waals surface area contributed by atoms with Crippen molar-refractivity contribution in [3.63, 3.8) is 0 Å². The van der Waals surface area contributed by atoms with Crippen LogP contribution in [0.2, 0.25) is 5.02 Å². The second kappa shape index (κ2) is 5.88. The molecule has 2 unspecified atom stereocenters. The molecule has 3 rings (SSSR count). The van der Waals surface area contributed by atoms with Crippen LogP contribution in [0.5, 0.6) is 0 Å². The van der Waals surface area contributed by atoms with Gasteiger partial charge in [0.15, 0.2) is 0 Å². The monoisotopic (exact) mass is 329 g/mol. The molecule has 116 valence electrons. The van der Waals surface area contributed by atoms with Gasteiger partial charge in [-0.15, -0.1) is 0 Å². The first-order valence-corrected chi connectivity index (χ1v) is 9.27. The van der Waals surface area contributed by atoms with Gasteiger partial charge in [-0.1, -0.05) is 18.0 Å². The average Bonchev–Trinajstić information content (AvgIpc) is 2.95. The molecular weight excluding hydrogens is 310 g/mol. The molecule has 1 aromatic rings. The van der Waals surface area contributed by atoms with Crippen molar-refractivity contribution in [1.82, 2.24) is 4.31 Å². The van der Waals surface area contributed by atoms with E-state index in [1.54, 1.807) is 10.4 Å². The van der Waals surface area contributed by atoms with Crippen molar-refractivity contribution in [3.05, 3.63) is 28.8 Å². The Bertz CT molecular complexity index is 632. The molecule has 1 heterocycles. The van der Waals surface area contributed by atoms with Crippen LogP contribution in [0, 0.1) is 5.92 Å². The molecule has 2 atom stereocenters. The number of benzene rings is 1. The second-order valence-corrected chi connectivity index (χ2v) is 8.23. The molecule has 1 aliphatic heterocycles. The molecular formula is C15H20ClNO3S. The topological polar surface area (TPSA) is 57.6 Å². The zero-order valence-electron chi connectivity index (χ0n) is 11.8. The summed E-state index contributed by atoms with van der Waals surface area (Å²) < 4.78 is 27.5. The maximum absolute atomic E-state index is 12.9. The Morgan fingerprint density at radius 3 is 2.76 bits per heavy atom. The van der Waals surface area contributed by atoms with Gasteiger partial charge in [0.05, 0.1) is 11.5 Å². The summed E-state index contributed by atoms with van der Waals surface area (Å²) in [6.07, 6.45) is 5.29. The van der Waals surface area contributed by atoms with Gasteiger partial charge >= 0.3 is 0 Å². The fourth-order valence-corrected chi connectivity index (χ4v) is 5.66. The summed E-state index contributed by atoms with van der Waals surface area (Å²) in [5, 5.41) is 9.67. The van der Waals surface area contributed by atoms with Crippen molar-refractivity contribution in [2.24, 2.45) is 5.92 Å². The Balaban J connectivity index is 1.96. The maximum atomic E-state index is 12.9. The Morgan fingerprint density at radius 2 is 2.00 bits per heavy atom. The smallest absolute Gasteiger partial charge is 0.243 e. The number of hydrogen-bond donors (Lipinski definition) is 1. The van der Waals surface area contributed by atoms with Crippen LogP contribution < -0.4 is 0 Å². The van der Waals surface area contributed by atoms with E-state index in [2.05, 4.69) is 0 Å². The molecule has 21 heavy (non-hydrogen) atoms. The van der Waals surface area contributed by atoms with Gasteiger partial charge in [0.2, 0.25) is 10.0 Å². The lowest BCUT2D eigenvalue weighted by Crippen LogP contribution is -2.46. The summed E-state index contributed by atoms with van der Waals surface area (Å²) in [6, 6.07) is 4.74. The van der Waals surface area contributed by atoms with Gasteiger partial charge in [-0.25, -0.2) is 8.42 Å². The van der Waals surface area contributed by atoms with Crippen LogP contribution in [-0.2, 0) is 16.6 Å². The van der Waals surface area contributed by atoms with Gasteiger partial charge in [-0.3, -0.25) is 0 Å². The molecule has 2 aliphatic rings. The summed E-state index contributed by atoms with van der Waals surface area (Å²) in [6.45, 7) is 0.342. The fourth-order valence-electron chi connectivity index (χ4n) is 3.67. The molecule has 1 saturated heterocycles. The number of halogens is 1. The molecule has 1 saturated carbocycles. The number of hydrogen-bond acceptors (Lipinski definition) is 3. The van der Waals surface area contributed by atoms with Crippen molar-refractivity contribution >= 4 is 21.6 Å². The van der Waals surface area contributed by atoms with Crippen molar-refractivity contribution in [3.8, 4) is 0 Å². The molecule has 1 N–H and O–H groups in total. The lowest BCUT2D eigenvalue weighted by molar-refractivity contribution is 0.202. The van der Waals surface area contributed by atoms with Gasteiger partial charge in [0.25, 0.3) is 0 Å². The van der Waals surface area contributed by atoms with Crippen molar-refractivity contribution in [2.45, 2.75) is 49.6 Å². The first-order valence-electron chi connectivity index (χ1n) is 7.45. The Kier molecular flexibility index (Phi) is 4.28. The van der Waals surface area contributed by atoms with E-state index < -0.39 is 10.0 Å². The van der Waals surface area contributed by atoms with E-state index >= 15 is 0 Å². The molecule has 0 spiro atoms. The third kappa shape index (κ3) is 2.72. The van der Waals surface area contributed by atoms with Crippen LogP contribution in [0.3, 0.4) is 0 Å². The summed E-state index contributed by atoms with van der Waals surface area (Å²) in [5.41, 5.74) is 0.456. The van der Waals surface area contributed by atoms with Crippen LogP contribution >= 0.6 is 11.6 Å². The molecule has 4 nitrogen and oxygen atoms in total. The number of aliphatic hydroxyl groups is 1. The minimum absolute atomic E-state index is 0.150. The SMILES string of the molecule is O=S(=O)(c1ccc(Cl)c(CO)c1)N1CCCC2CCCC21. The maximum Gasteiger partial charge on any atom is 0.243 e. The summed E-state index contributed by atoms with van der Waals surface area (Å²) in [4.78, 5) is 0.239. The Morgan fingerprint density at radius 1 is 1.24 bits per heavy atom. The van der Waals surface area contributed by atoms with Crippen molar-refractivity contribution in [1.29, 1.82) is 0 Å². The van der Waals surface area contributed by atoms with E-state index in [0.29, 0.717) is 23.0 Å². The van der Waals surface area contributed by atoms with Crippen molar-refractivity contribution in [2.75, 3.05) is 6.54 Å². The van der Waals surface area contributed by atoms with E-state index in [0.717, 1.165) is 32.1 Å². The summed E-state index contributed by atoms with van der Waals surface area (Å²) in [7, 11) is -3.50. The highest BCUT2D eigenvalue weighted by Crippen LogP contribution is 2.39. The van der Waals surface area contributed by atoms with Gasteiger partial charge in [-0.05, 0) is 55.4 Å². The van der Waals surface area contributed by atoms with Gasteiger partial charge in [-0.2, -0.15) is 4.31 Å². The van der Waals surface area contributed by atoms with E-state index in [4.69, 9.17) is 11.6 Å². The standard InChI is InChI=1S/C15H20ClNO3S/c16-14-7-6-13(9-12(14)10-18)21(19,20)17-8-2-4-11-3-1-5-15(11)17/h6-7,9,11,15,18H,1-5,8,10H2. The van der Waals surface area contributed by atoms with E-state index in [1.165, 1.54) is 12.1 Å². The number of nitrogens with zero attached hydrogens (tertiary/aromatic N) is 1. The van der Waals surface area contributed by atoms with E-state index in [-0.39, 0.29) is 17.5 Å². The summed E-state index contributed by atoms with van der Waals surface area (Å²) in [5.74, 6) is 0.512. The highest BCUT2D eigenvalue weighted by atomic mass is 35.5. The second-order valence-electron chi connectivity index (χ2n) is 5.93. The molecule has 1 aliphatic carbocycles. The first-order chi connectivity index (χ1) is 10.0. The fraction of sp³-hybridized carbons (Fsp3) is 0.600. The lowest BCUT2D eigenvalue weighted by Gasteiger charge is -2.36. The number of aliphatic hydroxyl groups excluding tert-OH is 1. The minimum atomic E-state index is -3.50. The molecule has 6 heteroatoms. The quantitative estimate of drug-likeness (QED) is 0.927. The van der Waals surface area contributed by atoms with Crippen molar-refractivity contribution < 1.29 is 13.5 Å². The number of piperidine rings is 1.